The number of thiophene rings is 1. The molecule has 0 unspecified atom stereocenters. The Hall–Kier alpha value is -2.05. The van der Waals surface area contributed by atoms with E-state index in [-0.39, 0.29) is 12.0 Å². The van der Waals surface area contributed by atoms with Crippen LogP contribution in [0.1, 0.15) is 40.4 Å². The fourth-order valence-corrected chi connectivity index (χ4v) is 3.96. The quantitative estimate of drug-likeness (QED) is 0.695. The SMILES string of the molecule is CCOc1ccccc1OCCN(C)C(=O)c1ccc([C@@H]2CCCO2)s1. The van der Waals surface area contributed by atoms with Crippen LogP contribution in [0.15, 0.2) is 36.4 Å². The number of ether oxygens (including phenoxy) is 3. The molecule has 1 saturated heterocycles. The van der Waals surface area contributed by atoms with Crippen LogP contribution in [0.4, 0.5) is 0 Å². The van der Waals surface area contributed by atoms with Crippen LogP contribution >= 0.6 is 11.3 Å². The van der Waals surface area contributed by atoms with Gasteiger partial charge in [-0.05, 0) is 44.0 Å². The van der Waals surface area contributed by atoms with Gasteiger partial charge in [0.05, 0.1) is 24.1 Å². The van der Waals surface area contributed by atoms with E-state index >= 15 is 0 Å². The lowest BCUT2D eigenvalue weighted by Crippen LogP contribution is -2.30. The normalized spacial score (nSPS) is 16.5. The van der Waals surface area contributed by atoms with Crippen LogP contribution < -0.4 is 9.47 Å². The van der Waals surface area contributed by atoms with Gasteiger partial charge < -0.3 is 19.1 Å². The zero-order chi connectivity index (χ0) is 18.4. The van der Waals surface area contributed by atoms with Gasteiger partial charge in [0.1, 0.15) is 6.61 Å². The van der Waals surface area contributed by atoms with Crippen LogP contribution in [0, 0.1) is 0 Å². The average Bonchev–Trinajstić information content (AvgIpc) is 3.34. The van der Waals surface area contributed by atoms with E-state index in [4.69, 9.17) is 14.2 Å². The van der Waals surface area contributed by atoms with Gasteiger partial charge in [-0.1, -0.05) is 12.1 Å². The fraction of sp³-hybridized carbons (Fsp3) is 0.450. The highest BCUT2D eigenvalue weighted by molar-refractivity contribution is 7.14. The third-order valence-electron chi connectivity index (χ3n) is 4.26. The van der Waals surface area contributed by atoms with E-state index in [9.17, 15) is 4.79 Å². The number of carbonyl (C=O) groups excluding carboxylic acids is 1. The van der Waals surface area contributed by atoms with Crippen molar-refractivity contribution in [2.75, 3.05) is 33.4 Å². The lowest BCUT2D eigenvalue weighted by Gasteiger charge is -2.17. The molecular weight excluding hydrogens is 350 g/mol. The van der Waals surface area contributed by atoms with Crippen LogP contribution in [0.3, 0.4) is 0 Å². The number of carbonyl (C=O) groups is 1. The van der Waals surface area contributed by atoms with Crippen molar-refractivity contribution in [2.45, 2.75) is 25.9 Å². The van der Waals surface area contributed by atoms with E-state index in [1.807, 2.05) is 43.3 Å². The molecule has 1 aliphatic rings. The van der Waals surface area contributed by atoms with E-state index in [1.54, 1.807) is 11.9 Å². The molecule has 1 aromatic carbocycles. The molecule has 6 heteroatoms. The average molecular weight is 375 g/mol. The molecule has 1 amide bonds. The van der Waals surface area contributed by atoms with Crippen LogP contribution in [0.5, 0.6) is 11.5 Å². The van der Waals surface area contributed by atoms with Crippen molar-refractivity contribution in [3.63, 3.8) is 0 Å². The van der Waals surface area contributed by atoms with Crippen LogP contribution in [-0.4, -0.2) is 44.2 Å². The van der Waals surface area contributed by atoms with Gasteiger partial charge in [0.15, 0.2) is 11.5 Å². The summed E-state index contributed by atoms with van der Waals surface area (Å²) in [5, 5.41) is 0. The van der Waals surface area contributed by atoms with Gasteiger partial charge in [0.25, 0.3) is 5.91 Å². The predicted octanol–water partition coefficient (Wildman–Crippen LogP) is 4.15. The molecule has 0 N–H and O–H groups in total. The molecule has 26 heavy (non-hydrogen) atoms. The Labute approximate surface area is 158 Å². The Morgan fingerprint density at radius 1 is 1.23 bits per heavy atom. The summed E-state index contributed by atoms with van der Waals surface area (Å²) in [5.41, 5.74) is 0. The summed E-state index contributed by atoms with van der Waals surface area (Å²) in [5.74, 6) is 1.44. The highest BCUT2D eigenvalue weighted by Crippen LogP contribution is 2.33. The minimum Gasteiger partial charge on any atom is -0.490 e. The number of para-hydroxylation sites is 2. The minimum atomic E-state index is 0.0148. The monoisotopic (exact) mass is 375 g/mol. The van der Waals surface area contributed by atoms with Gasteiger partial charge in [0, 0.05) is 18.5 Å². The highest BCUT2D eigenvalue weighted by atomic mass is 32.1. The molecule has 1 atom stereocenters. The summed E-state index contributed by atoms with van der Waals surface area (Å²) in [6, 6.07) is 11.5. The Balaban J connectivity index is 1.52. The van der Waals surface area contributed by atoms with Crippen molar-refractivity contribution in [1.82, 2.24) is 4.90 Å². The summed E-state index contributed by atoms with van der Waals surface area (Å²) in [6.07, 6.45) is 2.29. The van der Waals surface area contributed by atoms with E-state index in [1.165, 1.54) is 11.3 Å². The number of hydrogen-bond donors (Lipinski definition) is 0. The Morgan fingerprint density at radius 2 is 2.00 bits per heavy atom. The zero-order valence-corrected chi connectivity index (χ0v) is 16.1. The van der Waals surface area contributed by atoms with Crippen LogP contribution in [0.2, 0.25) is 0 Å². The number of rotatable bonds is 8. The zero-order valence-electron chi connectivity index (χ0n) is 15.3. The lowest BCUT2D eigenvalue weighted by atomic mass is 10.2. The smallest absolute Gasteiger partial charge is 0.263 e. The van der Waals surface area contributed by atoms with Crippen molar-refractivity contribution in [3.05, 3.63) is 46.2 Å². The molecule has 1 fully saturated rings. The fourth-order valence-electron chi connectivity index (χ4n) is 2.87. The number of benzene rings is 1. The van der Waals surface area contributed by atoms with E-state index in [2.05, 4.69) is 0 Å². The summed E-state index contributed by atoms with van der Waals surface area (Å²) in [4.78, 5) is 16.2. The first-order valence-corrected chi connectivity index (χ1v) is 9.82. The van der Waals surface area contributed by atoms with Gasteiger partial charge in [-0.25, -0.2) is 0 Å². The molecule has 0 aliphatic carbocycles. The van der Waals surface area contributed by atoms with Gasteiger partial charge >= 0.3 is 0 Å². The molecule has 2 heterocycles. The molecule has 5 nitrogen and oxygen atoms in total. The molecule has 0 radical (unpaired) electrons. The number of nitrogens with zero attached hydrogens (tertiary/aromatic N) is 1. The van der Waals surface area contributed by atoms with Gasteiger partial charge in [0.2, 0.25) is 0 Å². The summed E-state index contributed by atoms with van der Waals surface area (Å²) >= 11 is 1.53. The maximum Gasteiger partial charge on any atom is 0.263 e. The Morgan fingerprint density at radius 3 is 2.69 bits per heavy atom. The topological polar surface area (TPSA) is 48.0 Å². The maximum absolute atomic E-state index is 12.6. The molecule has 3 rings (SSSR count). The van der Waals surface area contributed by atoms with Gasteiger partial charge in [-0.15, -0.1) is 11.3 Å². The number of hydrogen-bond acceptors (Lipinski definition) is 5. The molecule has 0 bridgehead atoms. The van der Waals surface area contributed by atoms with Crippen molar-refractivity contribution in [1.29, 1.82) is 0 Å². The Kier molecular flexibility index (Phi) is 6.52. The number of likely N-dealkylation sites (N-methyl/N-ethyl adjacent to an activating group) is 1. The molecule has 0 saturated carbocycles. The third kappa shape index (κ3) is 4.56. The summed E-state index contributed by atoms with van der Waals surface area (Å²) < 4.78 is 17.0. The molecule has 1 aliphatic heterocycles. The second-order valence-corrected chi connectivity index (χ2v) is 7.27. The van der Waals surface area contributed by atoms with Crippen molar-refractivity contribution in [2.24, 2.45) is 0 Å². The molecule has 2 aromatic rings. The first kappa shape index (κ1) is 18.7. The lowest BCUT2D eigenvalue weighted by molar-refractivity contribution is 0.0778. The second kappa shape index (κ2) is 9.05. The summed E-state index contributed by atoms with van der Waals surface area (Å²) in [6.45, 7) is 4.26. The molecular formula is C20H25NO4S. The summed E-state index contributed by atoms with van der Waals surface area (Å²) in [7, 11) is 1.80. The van der Waals surface area contributed by atoms with Crippen LogP contribution in [-0.2, 0) is 4.74 Å². The van der Waals surface area contributed by atoms with Gasteiger partial charge in [-0.2, -0.15) is 0 Å². The van der Waals surface area contributed by atoms with Crippen LogP contribution in [0.25, 0.3) is 0 Å². The first-order chi connectivity index (χ1) is 12.7. The first-order valence-electron chi connectivity index (χ1n) is 9.00. The van der Waals surface area contributed by atoms with Crippen molar-refractivity contribution < 1.29 is 19.0 Å². The largest absolute Gasteiger partial charge is 0.490 e. The molecule has 1 aromatic heterocycles. The molecule has 140 valence electrons. The van der Waals surface area contributed by atoms with Gasteiger partial charge in [-0.3, -0.25) is 4.79 Å². The number of amides is 1. The minimum absolute atomic E-state index is 0.0148. The van der Waals surface area contributed by atoms with E-state index in [0.717, 1.165) is 35.0 Å². The van der Waals surface area contributed by atoms with Crippen molar-refractivity contribution >= 4 is 17.2 Å². The van der Waals surface area contributed by atoms with E-state index in [0.29, 0.717) is 25.5 Å². The van der Waals surface area contributed by atoms with E-state index < -0.39 is 0 Å². The standard InChI is InChI=1S/C20H25NO4S/c1-3-23-15-7-4-5-8-16(15)25-14-12-21(2)20(22)19-11-10-18(26-19)17-9-6-13-24-17/h4-5,7-8,10-11,17H,3,6,9,12-14H2,1-2H3/t17-/m0/s1. The third-order valence-corrected chi connectivity index (χ3v) is 5.43. The molecule has 0 spiro atoms. The van der Waals surface area contributed by atoms with Crippen molar-refractivity contribution in [3.8, 4) is 11.5 Å². The Bertz CT molecular complexity index is 724. The second-order valence-electron chi connectivity index (χ2n) is 6.16. The highest BCUT2D eigenvalue weighted by Gasteiger charge is 2.22. The maximum atomic E-state index is 12.6. The predicted molar refractivity (Wildman–Crippen MR) is 102 cm³/mol.